The maximum Gasteiger partial charge on any atom is 0.279 e. The van der Waals surface area contributed by atoms with Crippen LogP contribution in [-0.4, -0.2) is 25.8 Å². The minimum Gasteiger partial charge on any atom is -0.309 e. The van der Waals surface area contributed by atoms with Gasteiger partial charge in [0.1, 0.15) is 0 Å². The minimum absolute atomic E-state index is 0. The Hall–Kier alpha value is -0.660. The summed E-state index contributed by atoms with van der Waals surface area (Å²) in [5.74, 6) is 0. The van der Waals surface area contributed by atoms with Crippen LogP contribution in [0.25, 0.3) is 0 Å². The molecule has 118 valence electrons. The number of nitrogens with zero attached hydrogens (tertiary/aromatic N) is 1. The van der Waals surface area contributed by atoms with Crippen LogP contribution >= 0.6 is 12.4 Å². The molecule has 1 aromatic carbocycles. The SMILES string of the molecule is Cl.O=S(=O)(NCc1ccc2c(c1)CNC2)N1CCCCC1. The first-order valence-electron chi connectivity index (χ1n) is 7.21. The number of rotatable bonds is 4. The number of hydrogen-bond acceptors (Lipinski definition) is 3. The zero-order chi connectivity index (χ0) is 14.0. The molecule has 1 fully saturated rings. The van der Waals surface area contributed by atoms with Crippen LogP contribution in [0.1, 0.15) is 36.0 Å². The van der Waals surface area contributed by atoms with Crippen LogP contribution in [0.3, 0.4) is 0 Å². The second-order valence-electron chi connectivity index (χ2n) is 5.49. The van der Waals surface area contributed by atoms with Crippen LogP contribution in [-0.2, 0) is 29.8 Å². The molecule has 1 aromatic rings. The molecule has 0 saturated carbocycles. The normalized spacial score (nSPS) is 19.0. The fourth-order valence-corrected chi connectivity index (χ4v) is 4.10. The van der Waals surface area contributed by atoms with Gasteiger partial charge in [-0.3, -0.25) is 0 Å². The van der Waals surface area contributed by atoms with Gasteiger partial charge in [-0.15, -0.1) is 12.4 Å². The van der Waals surface area contributed by atoms with Gasteiger partial charge in [0.05, 0.1) is 0 Å². The van der Waals surface area contributed by atoms with Gasteiger partial charge in [0.25, 0.3) is 10.2 Å². The minimum atomic E-state index is -3.33. The smallest absolute Gasteiger partial charge is 0.279 e. The molecule has 2 N–H and O–H groups in total. The van der Waals surface area contributed by atoms with E-state index in [9.17, 15) is 8.42 Å². The number of nitrogens with one attached hydrogen (secondary N) is 2. The summed E-state index contributed by atoms with van der Waals surface area (Å²) in [5, 5.41) is 3.29. The summed E-state index contributed by atoms with van der Waals surface area (Å²) in [4.78, 5) is 0. The van der Waals surface area contributed by atoms with Gasteiger partial charge in [0, 0.05) is 32.7 Å². The van der Waals surface area contributed by atoms with Gasteiger partial charge in [0.2, 0.25) is 0 Å². The van der Waals surface area contributed by atoms with Crippen molar-refractivity contribution in [2.75, 3.05) is 13.1 Å². The van der Waals surface area contributed by atoms with Crippen molar-refractivity contribution < 1.29 is 8.42 Å². The molecule has 0 unspecified atom stereocenters. The van der Waals surface area contributed by atoms with Crippen LogP contribution in [0.4, 0.5) is 0 Å². The lowest BCUT2D eigenvalue weighted by molar-refractivity contribution is 0.341. The number of fused-ring (bicyclic) bond motifs is 1. The van der Waals surface area contributed by atoms with E-state index in [1.165, 1.54) is 11.1 Å². The fourth-order valence-electron chi connectivity index (χ4n) is 2.83. The molecule has 21 heavy (non-hydrogen) atoms. The summed E-state index contributed by atoms with van der Waals surface area (Å²) in [6.07, 6.45) is 3.06. The summed E-state index contributed by atoms with van der Waals surface area (Å²) >= 11 is 0. The second-order valence-corrected chi connectivity index (χ2v) is 7.25. The Bertz CT molecular complexity index is 586. The molecule has 2 heterocycles. The summed E-state index contributed by atoms with van der Waals surface area (Å²) in [5.41, 5.74) is 3.61. The van der Waals surface area contributed by atoms with Gasteiger partial charge < -0.3 is 5.32 Å². The number of piperidine rings is 1. The third-order valence-electron chi connectivity index (χ3n) is 4.02. The Kier molecular flexibility index (Phi) is 5.62. The van der Waals surface area contributed by atoms with Crippen LogP contribution < -0.4 is 10.0 Å². The highest BCUT2D eigenvalue weighted by atomic mass is 35.5. The first kappa shape index (κ1) is 16.7. The average Bonchev–Trinajstić information content (AvgIpc) is 2.94. The quantitative estimate of drug-likeness (QED) is 0.879. The van der Waals surface area contributed by atoms with E-state index in [1.54, 1.807) is 4.31 Å². The lowest BCUT2D eigenvalue weighted by Crippen LogP contribution is -2.43. The Morgan fingerprint density at radius 1 is 1.10 bits per heavy atom. The van der Waals surface area contributed by atoms with Crippen LogP contribution in [0, 0.1) is 0 Å². The molecule has 3 rings (SSSR count). The van der Waals surface area contributed by atoms with Crippen molar-refractivity contribution in [2.45, 2.75) is 38.9 Å². The molecule has 0 radical (unpaired) electrons. The number of benzene rings is 1. The fraction of sp³-hybridized carbons (Fsp3) is 0.571. The van der Waals surface area contributed by atoms with Gasteiger partial charge in [-0.05, 0) is 29.5 Å². The maximum absolute atomic E-state index is 12.2. The first-order chi connectivity index (χ1) is 9.65. The third kappa shape index (κ3) is 3.96. The number of hydrogen-bond donors (Lipinski definition) is 2. The molecule has 2 aliphatic rings. The highest BCUT2D eigenvalue weighted by molar-refractivity contribution is 7.87. The highest BCUT2D eigenvalue weighted by Gasteiger charge is 2.23. The number of halogens is 1. The Morgan fingerprint density at radius 3 is 2.57 bits per heavy atom. The van der Waals surface area contributed by atoms with Gasteiger partial charge in [-0.2, -0.15) is 17.4 Å². The Labute approximate surface area is 132 Å². The zero-order valence-electron chi connectivity index (χ0n) is 12.0. The Balaban J connectivity index is 0.00000161. The van der Waals surface area contributed by atoms with Crippen LogP contribution in [0.15, 0.2) is 18.2 Å². The van der Waals surface area contributed by atoms with E-state index >= 15 is 0 Å². The van der Waals surface area contributed by atoms with Gasteiger partial charge >= 0.3 is 0 Å². The van der Waals surface area contributed by atoms with Crippen molar-refractivity contribution in [3.63, 3.8) is 0 Å². The van der Waals surface area contributed by atoms with E-state index in [2.05, 4.69) is 22.2 Å². The molecule has 0 bridgehead atoms. The molecule has 0 amide bonds. The first-order valence-corrected chi connectivity index (χ1v) is 8.65. The standard InChI is InChI=1S/C14H21N3O2S.ClH/c18-20(19,17-6-2-1-3-7-17)16-9-12-4-5-13-10-15-11-14(13)8-12;/h4-5,8,15-16H,1-3,6-7,9-11H2;1H. The van der Waals surface area contributed by atoms with Crippen molar-refractivity contribution in [3.8, 4) is 0 Å². The van der Waals surface area contributed by atoms with E-state index in [-0.39, 0.29) is 12.4 Å². The lowest BCUT2D eigenvalue weighted by Gasteiger charge is -2.25. The summed E-state index contributed by atoms with van der Waals surface area (Å²) in [6, 6.07) is 6.18. The van der Waals surface area contributed by atoms with Crippen molar-refractivity contribution in [1.29, 1.82) is 0 Å². The van der Waals surface area contributed by atoms with Crippen molar-refractivity contribution >= 4 is 22.6 Å². The topological polar surface area (TPSA) is 61.4 Å². The van der Waals surface area contributed by atoms with Crippen molar-refractivity contribution in [1.82, 2.24) is 14.3 Å². The molecule has 0 spiro atoms. The lowest BCUT2D eigenvalue weighted by atomic mass is 10.1. The molecule has 0 atom stereocenters. The summed E-state index contributed by atoms with van der Waals surface area (Å²) in [7, 11) is -3.33. The molecular formula is C14H22ClN3O2S. The summed E-state index contributed by atoms with van der Waals surface area (Å²) in [6.45, 7) is 3.44. The van der Waals surface area contributed by atoms with Gasteiger partial charge in [-0.1, -0.05) is 24.6 Å². The molecule has 7 heteroatoms. The van der Waals surface area contributed by atoms with Gasteiger partial charge in [0.15, 0.2) is 0 Å². The van der Waals surface area contributed by atoms with Crippen molar-refractivity contribution in [2.24, 2.45) is 0 Å². The van der Waals surface area contributed by atoms with E-state index < -0.39 is 10.2 Å². The third-order valence-corrected chi connectivity index (χ3v) is 5.57. The molecular weight excluding hydrogens is 310 g/mol. The van der Waals surface area contributed by atoms with Crippen LogP contribution in [0.5, 0.6) is 0 Å². The average molecular weight is 332 g/mol. The second kappa shape index (κ2) is 7.07. The molecule has 2 aliphatic heterocycles. The zero-order valence-corrected chi connectivity index (χ0v) is 13.6. The monoisotopic (exact) mass is 331 g/mol. The van der Waals surface area contributed by atoms with Gasteiger partial charge in [-0.25, -0.2) is 0 Å². The van der Waals surface area contributed by atoms with Crippen LogP contribution in [0.2, 0.25) is 0 Å². The largest absolute Gasteiger partial charge is 0.309 e. The molecule has 1 saturated heterocycles. The van der Waals surface area contributed by atoms with E-state index in [1.807, 2.05) is 6.07 Å². The highest BCUT2D eigenvalue weighted by Crippen LogP contribution is 2.17. The van der Waals surface area contributed by atoms with E-state index in [4.69, 9.17) is 0 Å². The Morgan fingerprint density at radius 2 is 1.81 bits per heavy atom. The maximum atomic E-state index is 12.2. The molecule has 0 aromatic heterocycles. The molecule has 5 nitrogen and oxygen atoms in total. The predicted molar refractivity (Wildman–Crippen MR) is 85.4 cm³/mol. The van der Waals surface area contributed by atoms with Crippen molar-refractivity contribution in [3.05, 3.63) is 34.9 Å². The van der Waals surface area contributed by atoms with E-state index in [0.29, 0.717) is 19.6 Å². The molecule has 0 aliphatic carbocycles. The predicted octanol–water partition coefficient (Wildman–Crippen LogP) is 1.53. The van der Waals surface area contributed by atoms with E-state index in [0.717, 1.165) is 37.9 Å². The summed E-state index contributed by atoms with van der Waals surface area (Å²) < 4.78 is 28.7.